The number of aromatic amines is 2. The Morgan fingerprint density at radius 3 is 2.96 bits per heavy atom. The minimum absolute atomic E-state index is 0.0327. The van der Waals surface area contributed by atoms with Crippen LogP contribution in [0.3, 0.4) is 0 Å². The third-order valence-corrected chi connectivity index (χ3v) is 4.59. The summed E-state index contributed by atoms with van der Waals surface area (Å²) in [5.41, 5.74) is 3.85. The van der Waals surface area contributed by atoms with Crippen molar-refractivity contribution in [3.63, 3.8) is 0 Å². The molecular weight excluding hydrogens is 300 g/mol. The average Bonchev–Trinajstić information content (AvgIpc) is 3.13. The Kier molecular flexibility index (Phi) is 3.84. The van der Waals surface area contributed by atoms with Crippen molar-refractivity contribution in [2.45, 2.75) is 45.2 Å². The summed E-state index contributed by atoms with van der Waals surface area (Å²) in [6, 6.07) is 10.6. The molecule has 4 rings (SSSR count). The smallest absolute Gasteiger partial charge is 0.274 e. The third kappa shape index (κ3) is 2.94. The molecule has 2 aromatic heterocycles. The van der Waals surface area contributed by atoms with Crippen molar-refractivity contribution < 1.29 is 4.79 Å². The molecule has 5 nitrogen and oxygen atoms in total. The number of nitrogens with zero attached hydrogens (tertiary/aromatic N) is 2. The van der Waals surface area contributed by atoms with Crippen LogP contribution in [0.1, 0.15) is 47.9 Å². The predicted octanol–water partition coefficient (Wildman–Crippen LogP) is 3.65. The molecule has 2 N–H and O–H groups in total. The van der Waals surface area contributed by atoms with Gasteiger partial charge in [-0.25, -0.2) is 0 Å². The molecule has 1 aliphatic carbocycles. The Balaban J connectivity index is 1.55. The summed E-state index contributed by atoms with van der Waals surface area (Å²) >= 11 is 0. The maximum absolute atomic E-state index is 12.9. The quantitative estimate of drug-likeness (QED) is 0.727. The van der Waals surface area contributed by atoms with Crippen LogP contribution in [0.5, 0.6) is 0 Å². The molecule has 24 heavy (non-hydrogen) atoms. The first-order valence-corrected chi connectivity index (χ1v) is 8.66. The van der Waals surface area contributed by atoms with E-state index in [1.807, 2.05) is 17.2 Å². The Labute approximate surface area is 141 Å². The zero-order chi connectivity index (χ0) is 16.5. The van der Waals surface area contributed by atoms with Crippen molar-refractivity contribution in [2.75, 3.05) is 0 Å². The number of H-pyrrole nitrogens is 2. The van der Waals surface area contributed by atoms with Crippen LogP contribution >= 0.6 is 0 Å². The summed E-state index contributed by atoms with van der Waals surface area (Å²) in [4.78, 5) is 18.1. The van der Waals surface area contributed by atoms with Gasteiger partial charge in [0.25, 0.3) is 5.91 Å². The number of fused-ring (bicyclic) bond motifs is 1. The largest absolute Gasteiger partial charge is 0.361 e. The molecule has 1 saturated carbocycles. The van der Waals surface area contributed by atoms with E-state index in [-0.39, 0.29) is 5.91 Å². The molecule has 1 amide bonds. The predicted molar refractivity (Wildman–Crippen MR) is 93.8 cm³/mol. The van der Waals surface area contributed by atoms with E-state index in [2.05, 4.69) is 46.4 Å². The monoisotopic (exact) mass is 322 g/mol. The summed E-state index contributed by atoms with van der Waals surface area (Å²) < 4.78 is 0. The van der Waals surface area contributed by atoms with Crippen LogP contribution in [0, 0.1) is 0 Å². The molecule has 5 heteroatoms. The summed E-state index contributed by atoms with van der Waals surface area (Å²) in [6.45, 7) is 2.76. The number of nitrogens with one attached hydrogen (secondary N) is 2. The highest BCUT2D eigenvalue weighted by Gasteiger charge is 2.34. The van der Waals surface area contributed by atoms with Crippen LogP contribution in [0.4, 0.5) is 0 Å². The minimum Gasteiger partial charge on any atom is -0.361 e. The Morgan fingerprint density at radius 1 is 1.29 bits per heavy atom. The van der Waals surface area contributed by atoms with Gasteiger partial charge in [0, 0.05) is 30.0 Å². The van der Waals surface area contributed by atoms with Crippen LogP contribution in [-0.4, -0.2) is 32.0 Å². The fourth-order valence-electron chi connectivity index (χ4n) is 3.17. The van der Waals surface area contributed by atoms with E-state index < -0.39 is 0 Å². The lowest BCUT2D eigenvalue weighted by Gasteiger charge is -2.21. The van der Waals surface area contributed by atoms with Gasteiger partial charge in [-0.2, -0.15) is 5.10 Å². The van der Waals surface area contributed by atoms with E-state index in [0.29, 0.717) is 18.3 Å². The normalized spacial score (nSPS) is 14.2. The first-order valence-electron chi connectivity index (χ1n) is 8.66. The van der Waals surface area contributed by atoms with Gasteiger partial charge in [-0.15, -0.1) is 0 Å². The van der Waals surface area contributed by atoms with Crippen molar-refractivity contribution in [1.29, 1.82) is 0 Å². The molecule has 124 valence electrons. The van der Waals surface area contributed by atoms with E-state index in [9.17, 15) is 4.79 Å². The number of aromatic nitrogens is 3. The second-order valence-corrected chi connectivity index (χ2v) is 6.59. The fourth-order valence-corrected chi connectivity index (χ4v) is 3.17. The molecule has 0 saturated heterocycles. The lowest BCUT2D eigenvalue weighted by atomic mass is 10.1. The van der Waals surface area contributed by atoms with Gasteiger partial charge in [-0.05, 0) is 54.5 Å². The van der Waals surface area contributed by atoms with Gasteiger partial charge in [0.15, 0.2) is 0 Å². The molecule has 0 unspecified atom stereocenters. The molecule has 0 bridgehead atoms. The van der Waals surface area contributed by atoms with Crippen LogP contribution in [0.2, 0.25) is 0 Å². The van der Waals surface area contributed by atoms with E-state index in [4.69, 9.17) is 0 Å². The van der Waals surface area contributed by atoms with E-state index in [0.717, 1.165) is 42.5 Å². The number of carbonyl (C=O) groups excluding carboxylic acids is 1. The molecule has 1 aromatic carbocycles. The lowest BCUT2D eigenvalue weighted by Crippen LogP contribution is -2.32. The SMILES string of the molecule is CCCc1cc(C(=O)N(Cc2ccc3[nH]ccc3c2)C2CC2)n[nH]1. The summed E-state index contributed by atoms with van der Waals surface area (Å²) in [6.07, 6.45) is 6.08. The average molecular weight is 322 g/mol. The summed E-state index contributed by atoms with van der Waals surface area (Å²) in [7, 11) is 0. The van der Waals surface area contributed by atoms with Crippen molar-refractivity contribution in [3.8, 4) is 0 Å². The molecule has 2 heterocycles. The van der Waals surface area contributed by atoms with E-state index >= 15 is 0 Å². The van der Waals surface area contributed by atoms with Gasteiger partial charge in [-0.3, -0.25) is 9.89 Å². The minimum atomic E-state index is 0.0327. The number of hydrogen-bond acceptors (Lipinski definition) is 2. The molecule has 0 aliphatic heterocycles. The highest BCUT2D eigenvalue weighted by Crippen LogP contribution is 2.30. The molecule has 1 aliphatic rings. The third-order valence-electron chi connectivity index (χ3n) is 4.59. The van der Waals surface area contributed by atoms with Crippen molar-refractivity contribution in [1.82, 2.24) is 20.1 Å². The molecule has 0 spiro atoms. The molecule has 0 radical (unpaired) electrons. The van der Waals surface area contributed by atoms with Gasteiger partial charge >= 0.3 is 0 Å². The number of aryl methyl sites for hydroxylation is 1. The van der Waals surface area contributed by atoms with Crippen LogP contribution in [-0.2, 0) is 13.0 Å². The first-order chi connectivity index (χ1) is 11.7. The zero-order valence-electron chi connectivity index (χ0n) is 13.9. The highest BCUT2D eigenvalue weighted by atomic mass is 16.2. The molecule has 3 aromatic rings. The lowest BCUT2D eigenvalue weighted by molar-refractivity contribution is 0.0724. The van der Waals surface area contributed by atoms with Crippen molar-refractivity contribution in [2.24, 2.45) is 0 Å². The number of amides is 1. The van der Waals surface area contributed by atoms with Gasteiger partial charge in [0.1, 0.15) is 5.69 Å². The first kappa shape index (κ1) is 15.0. The van der Waals surface area contributed by atoms with E-state index in [1.54, 1.807) is 0 Å². The number of hydrogen-bond donors (Lipinski definition) is 2. The van der Waals surface area contributed by atoms with Gasteiger partial charge in [0.2, 0.25) is 0 Å². The Bertz CT molecular complexity index is 859. The maximum Gasteiger partial charge on any atom is 0.274 e. The topological polar surface area (TPSA) is 64.8 Å². The van der Waals surface area contributed by atoms with Crippen molar-refractivity contribution in [3.05, 3.63) is 53.5 Å². The Hall–Kier alpha value is -2.56. The second-order valence-electron chi connectivity index (χ2n) is 6.59. The maximum atomic E-state index is 12.9. The summed E-state index contributed by atoms with van der Waals surface area (Å²) in [5.74, 6) is 0.0327. The van der Waals surface area contributed by atoms with E-state index in [1.165, 1.54) is 5.39 Å². The number of benzene rings is 1. The fraction of sp³-hybridized carbons (Fsp3) is 0.368. The number of carbonyl (C=O) groups is 1. The van der Waals surface area contributed by atoms with Crippen LogP contribution in [0.25, 0.3) is 10.9 Å². The summed E-state index contributed by atoms with van der Waals surface area (Å²) in [5, 5.41) is 8.39. The standard InChI is InChI=1S/C19H22N4O/c1-2-3-15-11-18(22-21-15)19(24)23(16-5-6-16)12-13-4-7-17-14(10-13)8-9-20-17/h4,7-11,16,20H,2-3,5-6,12H2,1H3,(H,21,22). The second kappa shape index (κ2) is 6.15. The van der Waals surface area contributed by atoms with Crippen LogP contribution < -0.4 is 0 Å². The number of rotatable bonds is 6. The van der Waals surface area contributed by atoms with Gasteiger partial charge in [0.05, 0.1) is 0 Å². The van der Waals surface area contributed by atoms with Gasteiger partial charge in [-0.1, -0.05) is 19.4 Å². The highest BCUT2D eigenvalue weighted by molar-refractivity contribution is 5.93. The van der Waals surface area contributed by atoms with Gasteiger partial charge < -0.3 is 9.88 Å². The zero-order valence-corrected chi connectivity index (χ0v) is 13.9. The molecule has 1 fully saturated rings. The molecule has 0 atom stereocenters. The van der Waals surface area contributed by atoms with Crippen LogP contribution in [0.15, 0.2) is 36.5 Å². The Morgan fingerprint density at radius 2 is 2.17 bits per heavy atom. The van der Waals surface area contributed by atoms with Crippen molar-refractivity contribution >= 4 is 16.8 Å². The molecular formula is C19H22N4O.